The van der Waals surface area contributed by atoms with E-state index >= 15 is 0 Å². The van der Waals surface area contributed by atoms with Crippen molar-refractivity contribution in [1.82, 2.24) is 15.3 Å². The van der Waals surface area contributed by atoms with Gasteiger partial charge >= 0.3 is 6.18 Å². The highest BCUT2D eigenvalue weighted by molar-refractivity contribution is 7.16. The highest BCUT2D eigenvalue weighted by atomic mass is 32.1. The van der Waals surface area contributed by atoms with Crippen molar-refractivity contribution in [1.29, 1.82) is 0 Å². The second-order valence-electron chi connectivity index (χ2n) is 19.4. The molecule has 4 aromatic carbocycles. The molecule has 4 aliphatic rings. The van der Waals surface area contributed by atoms with Crippen LogP contribution >= 0.6 is 22.7 Å². The fourth-order valence-corrected chi connectivity index (χ4v) is 11.9. The highest BCUT2D eigenvalue weighted by Crippen LogP contribution is 2.39. The third-order valence-corrected chi connectivity index (χ3v) is 15.9. The Balaban J connectivity index is 0.000000178. The van der Waals surface area contributed by atoms with Gasteiger partial charge in [-0.25, -0.2) is 9.97 Å². The summed E-state index contributed by atoms with van der Waals surface area (Å²) in [6.45, 7) is 11.4. The van der Waals surface area contributed by atoms with E-state index in [4.69, 9.17) is 14.8 Å². The number of piperidine rings is 1. The van der Waals surface area contributed by atoms with Gasteiger partial charge in [-0.2, -0.15) is 13.2 Å². The molecule has 3 N–H and O–H groups in total. The molecule has 17 heteroatoms. The summed E-state index contributed by atoms with van der Waals surface area (Å²) in [5, 5.41) is 10.7. The lowest BCUT2D eigenvalue weighted by Gasteiger charge is -2.21. The van der Waals surface area contributed by atoms with Crippen LogP contribution in [0.2, 0.25) is 0 Å². The molecule has 12 nitrogen and oxygen atoms in total. The van der Waals surface area contributed by atoms with Gasteiger partial charge in [0.05, 0.1) is 11.4 Å². The predicted octanol–water partition coefficient (Wildman–Crippen LogP) is 12.2. The second-order valence-corrected chi connectivity index (χ2v) is 21.8. The standard InChI is InChI=1S/C28H31N3O2S.C27H30N4O2S.C2HF3O/c1-18-8-6-7-11-23(18)27(33)31-15-14-21-17-22(12-13-24(21)31)26-19(2)34-28(30-26)29-25(32)16-20-9-4-3-5-10-20;1-17-5-3-4-6-22(17)26(33)31-14-11-20-16-21(7-8-23(20)31)25-18(2)34-27(30-25)29-24(32)15-19-9-12-28-13-10-19;3-2(4,5)1-6/h6-8,11-13,17,20H,3-5,9-10,14-16H2,1-2H3,(H,29,30,32);3-8,16,19,28H,9-15H2,1-2H3,(H,29,30,32);1H. The summed E-state index contributed by atoms with van der Waals surface area (Å²) in [5.74, 6) is 1.18. The average Bonchev–Trinajstić information content (AvgIpc) is 4.19. The smallest absolute Gasteiger partial charge is 0.317 e. The van der Waals surface area contributed by atoms with E-state index in [1.807, 2.05) is 110 Å². The quantitative estimate of drug-likeness (QED) is 0.115. The molecule has 388 valence electrons. The van der Waals surface area contributed by atoms with Crippen molar-refractivity contribution in [2.45, 2.75) is 105 Å². The van der Waals surface area contributed by atoms with E-state index in [0.717, 1.165) is 129 Å². The molecule has 0 radical (unpaired) electrons. The summed E-state index contributed by atoms with van der Waals surface area (Å²) in [6, 6.07) is 27.9. The minimum Gasteiger partial charge on any atom is -0.317 e. The number of hydrogen-bond donors (Lipinski definition) is 3. The summed E-state index contributed by atoms with van der Waals surface area (Å²) in [6.07, 6.45) is 5.30. The zero-order chi connectivity index (χ0) is 52.5. The van der Waals surface area contributed by atoms with Crippen LogP contribution < -0.4 is 25.8 Å². The van der Waals surface area contributed by atoms with Crippen molar-refractivity contribution < 1.29 is 37.1 Å². The third-order valence-electron chi connectivity index (χ3n) is 14.1. The Hall–Kier alpha value is -6.56. The number of aromatic nitrogens is 2. The molecule has 2 fully saturated rings. The summed E-state index contributed by atoms with van der Waals surface area (Å²) in [4.78, 5) is 75.5. The minimum atomic E-state index is -4.64. The van der Waals surface area contributed by atoms with Crippen LogP contribution in [0.25, 0.3) is 22.5 Å². The first-order chi connectivity index (χ1) is 35.5. The van der Waals surface area contributed by atoms with Crippen molar-refractivity contribution in [3.05, 3.63) is 128 Å². The molecule has 0 atom stereocenters. The number of thiazole rings is 2. The van der Waals surface area contributed by atoms with Crippen LogP contribution in [0.1, 0.15) is 111 Å². The summed E-state index contributed by atoms with van der Waals surface area (Å²) in [5.41, 5.74) is 11.6. The lowest BCUT2D eigenvalue weighted by Crippen LogP contribution is -2.30. The minimum absolute atomic E-state index is 0.0477. The van der Waals surface area contributed by atoms with Gasteiger partial charge in [0.15, 0.2) is 10.3 Å². The van der Waals surface area contributed by atoms with Crippen LogP contribution in [0, 0.1) is 39.5 Å². The van der Waals surface area contributed by atoms with E-state index in [-0.39, 0.29) is 23.6 Å². The van der Waals surface area contributed by atoms with E-state index in [2.05, 4.69) is 28.1 Å². The van der Waals surface area contributed by atoms with Gasteiger partial charge in [-0.1, -0.05) is 67.8 Å². The maximum absolute atomic E-state index is 13.2. The molecular formula is C57H62F3N7O5S2. The molecule has 5 heterocycles. The zero-order valence-electron chi connectivity index (χ0n) is 42.2. The number of rotatable bonds is 10. The van der Waals surface area contributed by atoms with E-state index < -0.39 is 12.5 Å². The first-order valence-corrected chi connectivity index (χ1v) is 27.0. The number of anilines is 4. The number of hydrogen-bond acceptors (Lipinski definition) is 10. The van der Waals surface area contributed by atoms with Crippen LogP contribution in [0.4, 0.5) is 34.8 Å². The Kier molecular flexibility index (Phi) is 17.6. The second kappa shape index (κ2) is 24.2. The molecule has 1 saturated heterocycles. The summed E-state index contributed by atoms with van der Waals surface area (Å²) >= 11 is 3.05. The lowest BCUT2D eigenvalue weighted by atomic mass is 9.87. The number of aryl methyl sites for hydroxylation is 4. The Labute approximate surface area is 438 Å². The highest BCUT2D eigenvalue weighted by Gasteiger charge is 2.30. The van der Waals surface area contributed by atoms with Gasteiger partial charge in [0.1, 0.15) is 0 Å². The molecule has 2 aromatic heterocycles. The Morgan fingerprint density at radius 2 is 1.05 bits per heavy atom. The monoisotopic (exact) mass is 1050 g/mol. The maximum atomic E-state index is 13.2. The SMILES string of the molecule is Cc1ccccc1C(=O)N1CCc2cc(-c3nc(NC(=O)CC4CCCCC4)sc3C)ccc21.Cc1ccccc1C(=O)N1CCc2cc(-c3nc(NC(=O)CC4CCNCC4)sc3C)ccc21.O=CC(F)(F)F. The Morgan fingerprint density at radius 1 is 0.635 bits per heavy atom. The zero-order valence-corrected chi connectivity index (χ0v) is 43.8. The lowest BCUT2D eigenvalue weighted by molar-refractivity contribution is -0.156. The molecule has 6 aromatic rings. The fourth-order valence-electron chi connectivity index (χ4n) is 10.2. The largest absolute Gasteiger partial charge is 0.446 e. The van der Waals surface area contributed by atoms with Crippen LogP contribution in [0.5, 0.6) is 0 Å². The number of fused-ring (bicyclic) bond motifs is 2. The molecule has 0 spiro atoms. The van der Waals surface area contributed by atoms with E-state index in [0.29, 0.717) is 48.0 Å². The number of alkyl halides is 3. The molecule has 1 saturated carbocycles. The summed E-state index contributed by atoms with van der Waals surface area (Å²) < 4.78 is 31.2. The number of halogens is 3. The number of carbonyl (C=O) groups excluding carboxylic acids is 5. The molecule has 3 aliphatic heterocycles. The first kappa shape index (κ1) is 53.7. The van der Waals surface area contributed by atoms with Crippen molar-refractivity contribution in [2.24, 2.45) is 11.8 Å². The van der Waals surface area contributed by atoms with E-state index in [1.54, 1.807) is 0 Å². The van der Waals surface area contributed by atoms with Crippen LogP contribution in [0.3, 0.4) is 0 Å². The average molecular weight is 1050 g/mol. The normalized spacial score (nSPS) is 15.5. The van der Waals surface area contributed by atoms with Crippen molar-refractivity contribution in [3.63, 3.8) is 0 Å². The molecule has 0 unspecified atom stereocenters. The van der Waals surface area contributed by atoms with Crippen molar-refractivity contribution >= 4 is 74.2 Å². The summed E-state index contributed by atoms with van der Waals surface area (Å²) in [7, 11) is 0. The third kappa shape index (κ3) is 13.4. The number of carbonyl (C=O) groups is 5. The maximum Gasteiger partial charge on any atom is 0.446 e. The molecule has 74 heavy (non-hydrogen) atoms. The predicted molar refractivity (Wildman–Crippen MR) is 288 cm³/mol. The van der Waals surface area contributed by atoms with Crippen LogP contribution in [-0.4, -0.2) is 72.2 Å². The molecule has 4 amide bonds. The van der Waals surface area contributed by atoms with Gasteiger partial charge in [0, 0.05) is 69.3 Å². The fraction of sp³-hybridized carbons (Fsp3) is 0.386. The van der Waals surface area contributed by atoms with Gasteiger partial charge < -0.3 is 25.8 Å². The topological polar surface area (TPSA) is 154 Å². The molecule has 0 bridgehead atoms. The van der Waals surface area contributed by atoms with Gasteiger partial charge in [0.2, 0.25) is 18.1 Å². The molecular weight excluding hydrogens is 984 g/mol. The van der Waals surface area contributed by atoms with Gasteiger partial charge in [0.25, 0.3) is 11.8 Å². The number of nitrogens with one attached hydrogen (secondary N) is 3. The number of aldehydes is 1. The van der Waals surface area contributed by atoms with Crippen molar-refractivity contribution in [3.8, 4) is 22.5 Å². The molecule has 1 aliphatic carbocycles. The molecule has 10 rings (SSSR count). The first-order valence-electron chi connectivity index (χ1n) is 25.3. The van der Waals surface area contributed by atoms with Gasteiger partial charge in [-0.3, -0.25) is 24.0 Å². The van der Waals surface area contributed by atoms with E-state index in [1.165, 1.54) is 41.9 Å². The van der Waals surface area contributed by atoms with Crippen molar-refractivity contribution in [2.75, 3.05) is 46.6 Å². The van der Waals surface area contributed by atoms with E-state index in [9.17, 15) is 32.3 Å². The number of amides is 4. The number of benzene rings is 4. The Morgan fingerprint density at radius 3 is 1.47 bits per heavy atom. The van der Waals surface area contributed by atoms with Gasteiger partial charge in [-0.15, -0.1) is 22.7 Å². The number of nitrogens with zero attached hydrogens (tertiary/aromatic N) is 4. The van der Waals surface area contributed by atoms with Gasteiger partial charge in [-0.05, 0) is 150 Å². The van der Waals surface area contributed by atoms with Crippen LogP contribution in [-0.2, 0) is 27.2 Å². The van der Waals surface area contributed by atoms with Crippen LogP contribution in [0.15, 0.2) is 84.9 Å². The Bertz CT molecular complexity index is 2820.